The summed E-state index contributed by atoms with van der Waals surface area (Å²) in [6, 6.07) is 4.12. The number of carbonyl (C=O) groups is 1. The van der Waals surface area contributed by atoms with Crippen molar-refractivity contribution < 1.29 is 18.7 Å². The van der Waals surface area contributed by atoms with Crippen LogP contribution in [0.15, 0.2) is 29.1 Å². The number of carboxylic acids is 1. The zero-order chi connectivity index (χ0) is 13.3. The predicted octanol–water partition coefficient (Wildman–Crippen LogP) is 1.75. The minimum absolute atomic E-state index is 0.0567. The van der Waals surface area contributed by atoms with Crippen LogP contribution in [0, 0.1) is 11.6 Å². The minimum Gasteiger partial charge on any atom is -0.481 e. The molecule has 1 N–H and O–H groups in total. The summed E-state index contributed by atoms with van der Waals surface area (Å²) in [6.45, 7) is -0.131. The Balaban J connectivity index is 2.66. The van der Waals surface area contributed by atoms with E-state index in [0.29, 0.717) is 6.07 Å². The highest BCUT2D eigenvalue weighted by Crippen LogP contribution is 2.18. The van der Waals surface area contributed by atoms with Crippen molar-refractivity contribution >= 4 is 16.9 Å². The lowest BCUT2D eigenvalue weighted by Crippen LogP contribution is -2.21. The third kappa shape index (κ3) is 2.22. The molecule has 1 heterocycles. The van der Waals surface area contributed by atoms with Gasteiger partial charge in [0, 0.05) is 24.1 Å². The van der Waals surface area contributed by atoms with Crippen molar-refractivity contribution in [2.45, 2.75) is 13.0 Å². The second-order valence-electron chi connectivity index (χ2n) is 3.79. The van der Waals surface area contributed by atoms with E-state index in [1.165, 1.54) is 6.07 Å². The molecular weight excluding hydrogens is 244 g/mol. The van der Waals surface area contributed by atoms with Gasteiger partial charge in [0.2, 0.25) is 0 Å². The van der Waals surface area contributed by atoms with Crippen molar-refractivity contribution in [3.8, 4) is 0 Å². The first-order chi connectivity index (χ1) is 8.49. The molecule has 0 aliphatic carbocycles. The van der Waals surface area contributed by atoms with Crippen molar-refractivity contribution in [1.29, 1.82) is 0 Å². The van der Waals surface area contributed by atoms with Crippen molar-refractivity contribution in [1.82, 2.24) is 4.57 Å². The van der Waals surface area contributed by atoms with Gasteiger partial charge in [0.25, 0.3) is 5.56 Å². The highest BCUT2D eigenvalue weighted by molar-refractivity contribution is 5.79. The molecule has 0 atom stereocenters. The maximum absolute atomic E-state index is 13.5. The summed E-state index contributed by atoms with van der Waals surface area (Å²) >= 11 is 0. The van der Waals surface area contributed by atoms with E-state index in [2.05, 4.69) is 0 Å². The van der Waals surface area contributed by atoms with Gasteiger partial charge in [0.1, 0.15) is 11.6 Å². The first-order valence-electron chi connectivity index (χ1n) is 5.19. The summed E-state index contributed by atoms with van der Waals surface area (Å²) in [6.07, 6.45) is -0.294. The van der Waals surface area contributed by atoms with Crippen molar-refractivity contribution in [3.63, 3.8) is 0 Å². The molecule has 0 saturated carbocycles. The Labute approximate surface area is 100 Å². The number of halogens is 2. The molecule has 0 saturated heterocycles. The van der Waals surface area contributed by atoms with Gasteiger partial charge in [-0.15, -0.1) is 0 Å². The second kappa shape index (κ2) is 4.56. The topological polar surface area (TPSA) is 59.3 Å². The number of aromatic nitrogens is 1. The van der Waals surface area contributed by atoms with E-state index in [0.717, 1.165) is 16.7 Å². The summed E-state index contributed by atoms with van der Waals surface area (Å²) in [4.78, 5) is 22.1. The molecule has 1 aromatic carbocycles. The number of pyridine rings is 1. The van der Waals surface area contributed by atoms with Crippen LogP contribution in [0.25, 0.3) is 10.9 Å². The summed E-state index contributed by atoms with van der Waals surface area (Å²) < 4.78 is 27.7. The molecule has 0 aliphatic heterocycles. The Bertz CT molecular complexity index is 679. The quantitative estimate of drug-likeness (QED) is 0.906. The molecule has 0 unspecified atom stereocenters. The number of benzene rings is 1. The summed E-state index contributed by atoms with van der Waals surface area (Å²) in [5.41, 5.74) is -0.435. The van der Waals surface area contributed by atoms with Gasteiger partial charge in [-0.2, -0.15) is 0 Å². The van der Waals surface area contributed by atoms with E-state index in [-0.39, 0.29) is 23.9 Å². The van der Waals surface area contributed by atoms with Crippen molar-refractivity contribution in [3.05, 3.63) is 46.3 Å². The molecule has 6 heteroatoms. The predicted molar refractivity (Wildman–Crippen MR) is 60.4 cm³/mol. The smallest absolute Gasteiger partial charge is 0.305 e. The van der Waals surface area contributed by atoms with Gasteiger partial charge in [0.15, 0.2) is 0 Å². The van der Waals surface area contributed by atoms with Crippen LogP contribution in [0.2, 0.25) is 0 Å². The number of rotatable bonds is 3. The fourth-order valence-electron chi connectivity index (χ4n) is 1.76. The number of hydrogen-bond acceptors (Lipinski definition) is 2. The van der Waals surface area contributed by atoms with Gasteiger partial charge in [-0.05, 0) is 12.1 Å². The number of aliphatic carboxylic acids is 1. The van der Waals surface area contributed by atoms with Crippen LogP contribution in [0.3, 0.4) is 0 Å². The molecule has 0 fully saturated rings. The summed E-state index contributed by atoms with van der Waals surface area (Å²) in [5.74, 6) is -2.68. The monoisotopic (exact) mass is 253 g/mol. The highest BCUT2D eigenvalue weighted by atomic mass is 19.1. The lowest BCUT2D eigenvalue weighted by molar-refractivity contribution is -0.137. The van der Waals surface area contributed by atoms with Gasteiger partial charge in [-0.1, -0.05) is 0 Å². The molecule has 2 aromatic rings. The normalized spacial score (nSPS) is 10.8. The molecule has 2 rings (SSSR count). The maximum atomic E-state index is 13.5. The van der Waals surface area contributed by atoms with Crippen LogP contribution < -0.4 is 5.56 Å². The molecule has 18 heavy (non-hydrogen) atoms. The van der Waals surface area contributed by atoms with Crippen LogP contribution in [0.4, 0.5) is 8.78 Å². The van der Waals surface area contributed by atoms with Crippen LogP contribution in [-0.4, -0.2) is 15.6 Å². The van der Waals surface area contributed by atoms with Gasteiger partial charge >= 0.3 is 5.97 Å². The lowest BCUT2D eigenvalue weighted by Gasteiger charge is -2.09. The van der Waals surface area contributed by atoms with Crippen LogP contribution in [-0.2, 0) is 11.3 Å². The van der Waals surface area contributed by atoms with Crippen molar-refractivity contribution in [2.24, 2.45) is 0 Å². The SMILES string of the molecule is O=C(O)CCn1c(=O)ccc2c(F)cc(F)cc21. The summed E-state index contributed by atoms with van der Waals surface area (Å²) in [7, 11) is 0. The third-order valence-electron chi connectivity index (χ3n) is 2.57. The number of hydrogen-bond donors (Lipinski definition) is 1. The minimum atomic E-state index is -1.09. The number of fused-ring (bicyclic) bond motifs is 1. The van der Waals surface area contributed by atoms with E-state index >= 15 is 0 Å². The Hall–Kier alpha value is -2.24. The molecule has 1 aromatic heterocycles. The van der Waals surface area contributed by atoms with E-state index in [9.17, 15) is 18.4 Å². The molecule has 0 amide bonds. The lowest BCUT2D eigenvalue weighted by atomic mass is 10.2. The average Bonchev–Trinajstić information content (AvgIpc) is 2.26. The van der Waals surface area contributed by atoms with Gasteiger partial charge in [-0.25, -0.2) is 8.78 Å². The van der Waals surface area contributed by atoms with Crippen LogP contribution in [0.5, 0.6) is 0 Å². The largest absolute Gasteiger partial charge is 0.481 e. The van der Waals surface area contributed by atoms with E-state index in [1.807, 2.05) is 0 Å². The maximum Gasteiger partial charge on any atom is 0.305 e. The first-order valence-corrected chi connectivity index (χ1v) is 5.19. The van der Waals surface area contributed by atoms with Gasteiger partial charge in [-0.3, -0.25) is 9.59 Å². The number of aryl methyl sites for hydroxylation is 1. The molecule has 0 radical (unpaired) electrons. The Morgan fingerprint density at radius 3 is 2.67 bits per heavy atom. The molecule has 0 aliphatic rings. The van der Waals surface area contributed by atoms with Gasteiger partial charge in [0.05, 0.1) is 11.9 Å². The van der Waals surface area contributed by atoms with Gasteiger partial charge < -0.3 is 9.67 Å². The molecule has 0 spiro atoms. The second-order valence-corrected chi connectivity index (χ2v) is 3.79. The molecule has 94 valence electrons. The molecule has 0 bridgehead atoms. The Morgan fingerprint density at radius 2 is 2.00 bits per heavy atom. The Morgan fingerprint density at radius 1 is 1.28 bits per heavy atom. The average molecular weight is 253 g/mol. The number of carboxylic acid groups (broad SMARTS) is 1. The van der Waals surface area contributed by atoms with Crippen LogP contribution in [0.1, 0.15) is 6.42 Å². The van der Waals surface area contributed by atoms with E-state index in [1.54, 1.807) is 0 Å². The molecule has 4 nitrogen and oxygen atoms in total. The standard InChI is InChI=1S/C12H9F2NO3/c13-7-5-9(14)8-1-2-11(16)15(10(8)6-7)4-3-12(17)18/h1-2,5-6H,3-4H2,(H,17,18). The summed E-state index contributed by atoms with van der Waals surface area (Å²) in [5, 5.41) is 8.67. The Kier molecular flexibility index (Phi) is 3.10. The highest BCUT2D eigenvalue weighted by Gasteiger charge is 2.10. The molecular formula is C12H9F2NO3. The van der Waals surface area contributed by atoms with Crippen molar-refractivity contribution in [2.75, 3.05) is 0 Å². The zero-order valence-corrected chi connectivity index (χ0v) is 9.19. The zero-order valence-electron chi connectivity index (χ0n) is 9.19. The fourth-order valence-corrected chi connectivity index (χ4v) is 1.76. The van der Waals surface area contributed by atoms with Crippen LogP contribution >= 0.6 is 0 Å². The third-order valence-corrected chi connectivity index (χ3v) is 2.57. The van der Waals surface area contributed by atoms with E-state index in [4.69, 9.17) is 5.11 Å². The first kappa shape index (κ1) is 12.2. The van der Waals surface area contributed by atoms with E-state index < -0.39 is 23.2 Å². The fraction of sp³-hybridized carbons (Fsp3) is 0.167. The number of nitrogens with zero attached hydrogens (tertiary/aromatic N) is 1.